The minimum atomic E-state index is -0.446. The predicted octanol–water partition coefficient (Wildman–Crippen LogP) is 2.79. The van der Waals surface area contributed by atoms with E-state index in [4.69, 9.17) is 5.73 Å². The molecule has 0 spiro atoms. The summed E-state index contributed by atoms with van der Waals surface area (Å²) in [6, 6.07) is 9.17. The summed E-state index contributed by atoms with van der Waals surface area (Å²) in [6.07, 6.45) is 2.51. The highest BCUT2D eigenvalue weighted by Gasteiger charge is 2.21. The van der Waals surface area contributed by atoms with Gasteiger partial charge in [0.15, 0.2) is 5.78 Å². The van der Waals surface area contributed by atoms with Crippen LogP contribution in [-0.4, -0.2) is 16.8 Å². The lowest BCUT2D eigenvalue weighted by atomic mass is 9.93. The second-order valence-electron chi connectivity index (χ2n) is 4.69. The smallest absolute Gasteiger partial charge is 0.181 e. The molecular formula is C15H18N2O. The van der Waals surface area contributed by atoms with Gasteiger partial charge in [0.2, 0.25) is 0 Å². The van der Waals surface area contributed by atoms with E-state index in [2.05, 4.69) is 4.98 Å². The number of carbonyl (C=O) groups is 1. The lowest BCUT2D eigenvalue weighted by Crippen LogP contribution is -2.36. The van der Waals surface area contributed by atoms with E-state index in [1.165, 1.54) is 0 Å². The van der Waals surface area contributed by atoms with Crippen LogP contribution < -0.4 is 5.73 Å². The first-order valence-electron chi connectivity index (χ1n) is 6.28. The average Bonchev–Trinajstić information content (AvgIpc) is 2.44. The zero-order valence-electron chi connectivity index (χ0n) is 10.8. The Hall–Kier alpha value is -1.74. The van der Waals surface area contributed by atoms with Crippen molar-refractivity contribution in [2.45, 2.75) is 26.3 Å². The second kappa shape index (κ2) is 5.27. The Bertz CT molecular complexity index is 565. The fraction of sp³-hybridized carbons (Fsp3) is 0.333. The van der Waals surface area contributed by atoms with E-state index in [9.17, 15) is 4.79 Å². The van der Waals surface area contributed by atoms with Gasteiger partial charge in [0, 0.05) is 17.1 Å². The van der Waals surface area contributed by atoms with E-state index >= 15 is 0 Å². The summed E-state index contributed by atoms with van der Waals surface area (Å²) in [5.41, 5.74) is 7.46. The molecule has 2 N–H and O–H groups in total. The lowest BCUT2D eigenvalue weighted by molar-refractivity contribution is 0.0935. The van der Waals surface area contributed by atoms with E-state index in [1.54, 1.807) is 6.20 Å². The normalized spacial score (nSPS) is 14.4. The van der Waals surface area contributed by atoms with Crippen molar-refractivity contribution in [2.75, 3.05) is 0 Å². The van der Waals surface area contributed by atoms with E-state index in [1.807, 2.05) is 44.2 Å². The summed E-state index contributed by atoms with van der Waals surface area (Å²) in [4.78, 5) is 16.5. The largest absolute Gasteiger partial charge is 0.321 e. The van der Waals surface area contributed by atoms with Crippen LogP contribution in [0.4, 0.5) is 0 Å². The van der Waals surface area contributed by atoms with E-state index in [-0.39, 0.29) is 11.7 Å². The predicted molar refractivity (Wildman–Crippen MR) is 73.5 cm³/mol. The number of rotatable bonds is 4. The highest BCUT2D eigenvalue weighted by molar-refractivity contribution is 6.02. The Morgan fingerprint density at radius 3 is 2.83 bits per heavy atom. The van der Waals surface area contributed by atoms with Crippen LogP contribution in [0.25, 0.3) is 10.9 Å². The van der Waals surface area contributed by atoms with Crippen molar-refractivity contribution in [1.29, 1.82) is 0 Å². The summed E-state index contributed by atoms with van der Waals surface area (Å²) in [7, 11) is 0. The quantitative estimate of drug-likeness (QED) is 0.839. The van der Waals surface area contributed by atoms with Crippen LogP contribution in [0.1, 0.15) is 30.6 Å². The minimum Gasteiger partial charge on any atom is -0.321 e. The number of pyridine rings is 1. The third kappa shape index (κ3) is 2.41. The van der Waals surface area contributed by atoms with Crippen LogP contribution in [-0.2, 0) is 0 Å². The number of hydrogen-bond acceptors (Lipinski definition) is 3. The Kier molecular flexibility index (Phi) is 3.72. The van der Waals surface area contributed by atoms with Gasteiger partial charge in [-0.15, -0.1) is 0 Å². The SMILES string of the molecule is CCC(C)C(N)C(=O)c1cnc2ccccc2c1. The number of hydrogen-bond donors (Lipinski definition) is 1. The molecule has 0 saturated carbocycles. The fourth-order valence-corrected chi connectivity index (χ4v) is 1.91. The molecule has 18 heavy (non-hydrogen) atoms. The van der Waals surface area contributed by atoms with Gasteiger partial charge in [0.05, 0.1) is 11.6 Å². The van der Waals surface area contributed by atoms with Gasteiger partial charge in [-0.1, -0.05) is 38.5 Å². The topological polar surface area (TPSA) is 56.0 Å². The fourth-order valence-electron chi connectivity index (χ4n) is 1.91. The van der Waals surface area contributed by atoms with Crippen molar-refractivity contribution in [3.05, 3.63) is 42.1 Å². The van der Waals surface area contributed by atoms with Gasteiger partial charge >= 0.3 is 0 Å². The monoisotopic (exact) mass is 242 g/mol. The van der Waals surface area contributed by atoms with Gasteiger partial charge in [0.1, 0.15) is 0 Å². The maximum atomic E-state index is 12.2. The first kappa shape index (κ1) is 12.7. The number of fused-ring (bicyclic) bond motifs is 1. The van der Waals surface area contributed by atoms with Crippen molar-refractivity contribution >= 4 is 16.7 Å². The molecule has 94 valence electrons. The molecular weight excluding hydrogens is 224 g/mol. The highest BCUT2D eigenvalue weighted by Crippen LogP contribution is 2.16. The molecule has 1 aromatic carbocycles. The van der Waals surface area contributed by atoms with Gasteiger partial charge < -0.3 is 5.73 Å². The third-order valence-corrected chi connectivity index (χ3v) is 3.43. The summed E-state index contributed by atoms with van der Waals surface area (Å²) in [5.74, 6) is 0.159. The van der Waals surface area contributed by atoms with Crippen LogP contribution >= 0.6 is 0 Å². The number of nitrogens with two attached hydrogens (primary N) is 1. The van der Waals surface area contributed by atoms with Crippen LogP contribution in [0.3, 0.4) is 0 Å². The molecule has 3 nitrogen and oxygen atoms in total. The first-order chi connectivity index (χ1) is 8.63. The zero-order chi connectivity index (χ0) is 13.1. The van der Waals surface area contributed by atoms with Gasteiger partial charge in [-0.25, -0.2) is 0 Å². The average molecular weight is 242 g/mol. The highest BCUT2D eigenvalue weighted by atomic mass is 16.1. The van der Waals surface area contributed by atoms with Gasteiger partial charge in [-0.3, -0.25) is 9.78 Å². The number of benzene rings is 1. The zero-order valence-corrected chi connectivity index (χ0v) is 10.8. The molecule has 0 aliphatic rings. The maximum absolute atomic E-state index is 12.2. The molecule has 1 heterocycles. The van der Waals surface area contributed by atoms with Crippen molar-refractivity contribution < 1.29 is 4.79 Å². The van der Waals surface area contributed by atoms with Crippen LogP contribution in [0, 0.1) is 5.92 Å². The van der Waals surface area contributed by atoms with E-state index in [0.29, 0.717) is 5.56 Å². The summed E-state index contributed by atoms with van der Waals surface area (Å²) < 4.78 is 0. The van der Waals surface area contributed by atoms with Crippen LogP contribution in [0.5, 0.6) is 0 Å². The van der Waals surface area contributed by atoms with E-state index in [0.717, 1.165) is 17.3 Å². The van der Waals surface area contributed by atoms with Crippen molar-refractivity contribution in [3.63, 3.8) is 0 Å². The molecule has 1 aromatic heterocycles. The number of aromatic nitrogens is 1. The Labute approximate surface area is 107 Å². The molecule has 0 saturated heterocycles. The summed E-state index contributed by atoms with van der Waals surface area (Å²) >= 11 is 0. The third-order valence-electron chi connectivity index (χ3n) is 3.43. The summed E-state index contributed by atoms with van der Waals surface area (Å²) in [6.45, 7) is 4.04. The van der Waals surface area contributed by atoms with Crippen molar-refractivity contribution in [1.82, 2.24) is 4.98 Å². The first-order valence-corrected chi connectivity index (χ1v) is 6.28. The van der Waals surface area contributed by atoms with Crippen LogP contribution in [0.15, 0.2) is 36.5 Å². The maximum Gasteiger partial charge on any atom is 0.181 e. The molecule has 0 aliphatic heterocycles. The molecule has 0 aliphatic carbocycles. The molecule has 2 unspecified atom stereocenters. The molecule has 3 heteroatoms. The number of ketones is 1. The Morgan fingerprint density at radius 2 is 2.11 bits per heavy atom. The number of carbonyl (C=O) groups excluding carboxylic acids is 1. The second-order valence-corrected chi connectivity index (χ2v) is 4.69. The van der Waals surface area contributed by atoms with Crippen LogP contribution in [0.2, 0.25) is 0 Å². The van der Waals surface area contributed by atoms with Crippen molar-refractivity contribution in [3.8, 4) is 0 Å². The summed E-state index contributed by atoms with van der Waals surface area (Å²) in [5, 5.41) is 0.972. The van der Waals surface area contributed by atoms with Crippen molar-refractivity contribution in [2.24, 2.45) is 11.7 Å². The van der Waals surface area contributed by atoms with Gasteiger partial charge in [-0.2, -0.15) is 0 Å². The Morgan fingerprint density at radius 1 is 1.39 bits per heavy atom. The number of nitrogens with zero attached hydrogens (tertiary/aromatic N) is 1. The number of para-hydroxylation sites is 1. The standard InChI is InChI=1S/C15H18N2O/c1-3-10(2)14(16)15(18)12-8-11-6-4-5-7-13(11)17-9-12/h4-10,14H,3,16H2,1-2H3. The molecule has 2 atom stereocenters. The number of Topliss-reactive ketones (excluding diaryl/α,β-unsaturated/α-hetero) is 1. The molecule has 2 rings (SSSR count). The lowest BCUT2D eigenvalue weighted by Gasteiger charge is -2.16. The van der Waals surface area contributed by atoms with E-state index < -0.39 is 6.04 Å². The Balaban J connectivity index is 2.33. The molecule has 0 radical (unpaired) electrons. The molecule has 0 amide bonds. The van der Waals surface area contributed by atoms with Gasteiger partial charge in [-0.05, 0) is 18.1 Å². The van der Waals surface area contributed by atoms with Gasteiger partial charge in [0.25, 0.3) is 0 Å². The molecule has 2 aromatic rings. The minimum absolute atomic E-state index is 0.0254. The molecule has 0 fully saturated rings. The molecule has 0 bridgehead atoms.